The Balaban J connectivity index is 2.25. The van der Waals surface area contributed by atoms with E-state index < -0.39 is 12.0 Å². The highest BCUT2D eigenvalue weighted by Crippen LogP contribution is 2.31. The molecule has 0 spiro atoms. The van der Waals surface area contributed by atoms with E-state index in [4.69, 9.17) is 21.7 Å². The van der Waals surface area contributed by atoms with Crippen molar-refractivity contribution in [2.45, 2.75) is 32.7 Å². The molecule has 9 heteroatoms. The van der Waals surface area contributed by atoms with Crippen molar-refractivity contribution in [1.29, 1.82) is 0 Å². The summed E-state index contributed by atoms with van der Waals surface area (Å²) in [5, 5.41) is 9.34. The summed E-state index contributed by atoms with van der Waals surface area (Å²) in [6, 6.07) is 6.56. The molecule has 0 bridgehead atoms. The third-order valence-electron chi connectivity index (χ3n) is 4.79. The lowest BCUT2D eigenvalue weighted by Gasteiger charge is -2.35. The fourth-order valence-corrected chi connectivity index (χ4v) is 3.25. The number of anilines is 1. The molecule has 0 saturated carbocycles. The zero-order chi connectivity index (χ0) is 22.1. The van der Waals surface area contributed by atoms with Gasteiger partial charge in [0.05, 0.1) is 18.2 Å². The molecule has 0 unspecified atom stereocenters. The van der Waals surface area contributed by atoms with Gasteiger partial charge >= 0.3 is 12.0 Å². The number of methoxy groups -OCH3 is 1. The Labute approximate surface area is 183 Å². The van der Waals surface area contributed by atoms with E-state index in [0.717, 1.165) is 18.4 Å². The first-order valence-electron chi connectivity index (χ1n) is 9.94. The predicted molar refractivity (Wildman–Crippen MR) is 120 cm³/mol. The largest absolute Gasteiger partial charge is 0.460 e. The van der Waals surface area contributed by atoms with Crippen molar-refractivity contribution in [3.05, 3.63) is 41.1 Å². The maximum absolute atomic E-state index is 12.8. The highest BCUT2D eigenvalue weighted by atomic mass is 32.1. The third kappa shape index (κ3) is 6.17. The Morgan fingerprint density at radius 1 is 1.30 bits per heavy atom. The Morgan fingerprint density at radius 3 is 2.77 bits per heavy atom. The summed E-state index contributed by atoms with van der Waals surface area (Å²) in [5.74, 6) is -0.438. The molecular weight excluding hydrogens is 404 g/mol. The van der Waals surface area contributed by atoms with Crippen LogP contribution in [0.1, 0.15) is 38.3 Å². The second-order valence-corrected chi connectivity index (χ2v) is 7.32. The number of amides is 2. The van der Waals surface area contributed by atoms with Gasteiger partial charge in [0.25, 0.3) is 0 Å². The van der Waals surface area contributed by atoms with Crippen LogP contribution in [0.5, 0.6) is 0 Å². The van der Waals surface area contributed by atoms with Crippen molar-refractivity contribution in [2.24, 2.45) is 0 Å². The smallest absolute Gasteiger partial charge is 0.338 e. The van der Waals surface area contributed by atoms with E-state index in [-0.39, 0.29) is 12.6 Å². The molecule has 164 valence electrons. The van der Waals surface area contributed by atoms with Crippen molar-refractivity contribution in [2.75, 3.05) is 39.2 Å². The Morgan fingerprint density at radius 2 is 2.07 bits per heavy atom. The highest BCUT2D eigenvalue weighted by molar-refractivity contribution is 7.80. The zero-order valence-corrected chi connectivity index (χ0v) is 18.7. The van der Waals surface area contributed by atoms with Gasteiger partial charge in [0.15, 0.2) is 5.11 Å². The lowest BCUT2D eigenvalue weighted by atomic mass is 9.95. The number of nitrogens with zero attached hydrogens (tertiary/aromatic N) is 1. The first-order chi connectivity index (χ1) is 14.4. The van der Waals surface area contributed by atoms with Crippen LogP contribution in [0.2, 0.25) is 0 Å². The van der Waals surface area contributed by atoms with Crippen molar-refractivity contribution < 1.29 is 19.1 Å². The number of urea groups is 1. The van der Waals surface area contributed by atoms with Crippen molar-refractivity contribution in [3.8, 4) is 0 Å². The number of hydrogen-bond acceptors (Lipinski definition) is 5. The second kappa shape index (κ2) is 11.5. The van der Waals surface area contributed by atoms with Gasteiger partial charge in [0.1, 0.15) is 6.61 Å². The summed E-state index contributed by atoms with van der Waals surface area (Å²) in [6.07, 6.45) is 1.93. The number of allylic oxidation sites excluding steroid dienone is 1. The normalized spacial score (nSPS) is 16.2. The molecule has 1 atom stereocenters. The molecule has 2 rings (SSSR count). The Bertz CT molecular complexity index is 812. The molecule has 1 aromatic rings. The lowest BCUT2D eigenvalue weighted by Crippen LogP contribution is -2.46. The molecule has 8 nitrogen and oxygen atoms in total. The van der Waals surface area contributed by atoms with Crippen molar-refractivity contribution in [3.63, 3.8) is 0 Å². The van der Waals surface area contributed by atoms with Gasteiger partial charge in [0, 0.05) is 32.1 Å². The molecule has 0 aliphatic carbocycles. The molecule has 3 N–H and O–H groups in total. The average molecular weight is 435 g/mol. The summed E-state index contributed by atoms with van der Waals surface area (Å²) in [7, 11) is 3.34. The van der Waals surface area contributed by atoms with E-state index in [2.05, 4.69) is 22.9 Å². The SMILES string of the molecule is CCCCNC(=O)Nc1cccc([C@H]2NC(=S)N(C)C(C)=C2C(=O)OCCOC)c1. The number of benzene rings is 1. The minimum Gasteiger partial charge on any atom is -0.460 e. The average Bonchev–Trinajstić information content (AvgIpc) is 2.72. The molecule has 1 aliphatic heterocycles. The van der Waals surface area contributed by atoms with Crippen LogP contribution in [0.25, 0.3) is 0 Å². The van der Waals surface area contributed by atoms with Gasteiger partial charge in [-0.1, -0.05) is 25.5 Å². The number of rotatable bonds is 9. The summed E-state index contributed by atoms with van der Waals surface area (Å²) >= 11 is 5.42. The van der Waals surface area contributed by atoms with Crippen LogP contribution >= 0.6 is 12.2 Å². The highest BCUT2D eigenvalue weighted by Gasteiger charge is 2.33. The molecule has 1 heterocycles. The number of esters is 1. The Kier molecular flexibility index (Phi) is 9.07. The predicted octanol–water partition coefficient (Wildman–Crippen LogP) is 2.93. The molecule has 2 amide bonds. The minimum absolute atomic E-state index is 0.159. The van der Waals surface area contributed by atoms with Crippen LogP contribution in [0.3, 0.4) is 0 Å². The summed E-state index contributed by atoms with van der Waals surface area (Å²) in [6.45, 7) is 4.99. The van der Waals surface area contributed by atoms with E-state index in [0.29, 0.717) is 35.2 Å². The first kappa shape index (κ1) is 23.6. The number of thiocarbonyl (C=S) groups is 1. The number of ether oxygens (including phenoxy) is 2. The summed E-state index contributed by atoms with van der Waals surface area (Å²) < 4.78 is 10.3. The Hall–Kier alpha value is -2.65. The quantitative estimate of drug-likeness (QED) is 0.313. The molecule has 1 aliphatic rings. The maximum atomic E-state index is 12.8. The lowest BCUT2D eigenvalue weighted by molar-refractivity contribution is -0.140. The van der Waals surface area contributed by atoms with Crippen LogP contribution in [-0.2, 0) is 14.3 Å². The van der Waals surface area contributed by atoms with Crippen LogP contribution in [0, 0.1) is 0 Å². The maximum Gasteiger partial charge on any atom is 0.338 e. The van der Waals surface area contributed by atoms with Crippen LogP contribution in [0.15, 0.2) is 35.5 Å². The van der Waals surface area contributed by atoms with Gasteiger partial charge in [-0.25, -0.2) is 9.59 Å². The number of unbranched alkanes of at least 4 members (excludes halogenated alkanes) is 1. The van der Waals surface area contributed by atoms with Crippen LogP contribution < -0.4 is 16.0 Å². The van der Waals surface area contributed by atoms with E-state index in [9.17, 15) is 9.59 Å². The summed E-state index contributed by atoms with van der Waals surface area (Å²) in [4.78, 5) is 26.6. The van der Waals surface area contributed by atoms with Gasteiger partial charge in [-0.05, 0) is 43.3 Å². The topological polar surface area (TPSA) is 91.9 Å². The molecule has 0 saturated heterocycles. The molecule has 0 fully saturated rings. The second-order valence-electron chi connectivity index (χ2n) is 6.93. The fraction of sp³-hybridized carbons (Fsp3) is 0.476. The van der Waals surface area contributed by atoms with Gasteiger partial charge < -0.3 is 30.3 Å². The van der Waals surface area contributed by atoms with Crippen molar-refractivity contribution in [1.82, 2.24) is 15.5 Å². The number of carbonyl (C=O) groups is 2. The van der Waals surface area contributed by atoms with Crippen LogP contribution in [0.4, 0.5) is 10.5 Å². The van der Waals surface area contributed by atoms with Gasteiger partial charge in [-0.15, -0.1) is 0 Å². The van der Waals surface area contributed by atoms with E-state index in [1.807, 2.05) is 25.1 Å². The standard InChI is InChI=1S/C21H30N4O4S/c1-5-6-10-22-20(27)23-16-9-7-8-15(13-16)18-17(19(26)29-12-11-28-4)14(2)25(3)21(30)24-18/h7-9,13,18H,5-6,10-12H2,1-4H3,(H,24,30)(H2,22,23,27)/t18-/m1/s1. The van der Waals surface area contributed by atoms with E-state index >= 15 is 0 Å². The minimum atomic E-state index is -0.492. The molecular formula is C21H30N4O4S. The molecule has 0 radical (unpaired) electrons. The monoisotopic (exact) mass is 434 g/mol. The first-order valence-corrected chi connectivity index (χ1v) is 10.4. The number of nitrogens with one attached hydrogen (secondary N) is 3. The van der Waals surface area contributed by atoms with Crippen molar-refractivity contribution >= 4 is 35.0 Å². The fourth-order valence-electron chi connectivity index (χ4n) is 3.00. The zero-order valence-electron chi connectivity index (χ0n) is 17.9. The third-order valence-corrected chi connectivity index (χ3v) is 5.18. The van der Waals surface area contributed by atoms with Gasteiger partial charge in [-0.2, -0.15) is 0 Å². The van der Waals surface area contributed by atoms with Gasteiger partial charge in [-0.3, -0.25) is 0 Å². The number of hydrogen-bond donors (Lipinski definition) is 3. The molecule has 0 aromatic heterocycles. The molecule has 1 aromatic carbocycles. The van der Waals surface area contributed by atoms with E-state index in [1.165, 1.54) is 0 Å². The summed E-state index contributed by atoms with van der Waals surface area (Å²) in [5.41, 5.74) is 2.58. The number of carbonyl (C=O) groups excluding carboxylic acids is 2. The van der Waals surface area contributed by atoms with E-state index in [1.54, 1.807) is 25.1 Å². The van der Waals surface area contributed by atoms with Gasteiger partial charge in [0.2, 0.25) is 0 Å². The molecule has 30 heavy (non-hydrogen) atoms. The van der Waals surface area contributed by atoms with Crippen LogP contribution in [-0.4, -0.2) is 55.9 Å².